The molecule has 1 aromatic heterocycles. The quantitative estimate of drug-likeness (QED) is 0.302. The number of hydrogen-bond acceptors (Lipinski definition) is 5. The average Bonchev–Trinajstić information content (AvgIpc) is 3.09. The zero-order valence-corrected chi connectivity index (χ0v) is 20.0. The Kier molecular flexibility index (Phi) is 6.86. The maximum atomic E-state index is 14.6. The van der Waals surface area contributed by atoms with Gasteiger partial charge in [-0.2, -0.15) is 5.10 Å². The van der Waals surface area contributed by atoms with Gasteiger partial charge in [-0.15, -0.1) is 13.2 Å². The fraction of sp³-hybridized carbons (Fsp3) is 0.391. The molecule has 0 amide bonds. The molecule has 1 saturated heterocycles. The van der Waals surface area contributed by atoms with Crippen molar-refractivity contribution in [2.24, 2.45) is 0 Å². The number of ether oxygens (including phenoxy) is 2. The van der Waals surface area contributed by atoms with E-state index in [9.17, 15) is 22.4 Å². The Hall–Kier alpha value is -2.66. The van der Waals surface area contributed by atoms with E-state index in [1.807, 2.05) is 0 Å². The van der Waals surface area contributed by atoms with Gasteiger partial charge in [0.2, 0.25) is 0 Å². The minimum absolute atomic E-state index is 0.0270. The highest BCUT2D eigenvalue weighted by Gasteiger charge is 2.31. The summed E-state index contributed by atoms with van der Waals surface area (Å²) in [5.74, 6) is -1.66. The second-order valence-electron chi connectivity index (χ2n) is 8.18. The van der Waals surface area contributed by atoms with Crippen LogP contribution in [0.15, 0.2) is 34.8 Å². The van der Waals surface area contributed by atoms with E-state index >= 15 is 0 Å². The van der Waals surface area contributed by atoms with E-state index in [0.29, 0.717) is 46.3 Å². The molecule has 3 aromatic rings. The van der Waals surface area contributed by atoms with Crippen LogP contribution in [0.5, 0.6) is 5.75 Å². The first-order valence-corrected chi connectivity index (χ1v) is 11.4. The van der Waals surface area contributed by atoms with Gasteiger partial charge in [0.15, 0.2) is 0 Å². The highest BCUT2D eigenvalue weighted by atomic mass is 79.9. The Morgan fingerprint density at radius 2 is 1.91 bits per heavy atom. The molecule has 2 aromatic carbocycles. The number of piperidine rings is 1. The number of alkyl halides is 3. The second-order valence-corrected chi connectivity index (χ2v) is 9.03. The van der Waals surface area contributed by atoms with Gasteiger partial charge >= 0.3 is 12.3 Å². The van der Waals surface area contributed by atoms with E-state index in [1.165, 1.54) is 31.4 Å². The lowest BCUT2D eigenvalue weighted by Crippen LogP contribution is -2.34. The summed E-state index contributed by atoms with van der Waals surface area (Å²) in [5, 5.41) is 5.29. The van der Waals surface area contributed by atoms with E-state index in [1.54, 1.807) is 17.7 Å². The SMILES string of the molecule is COC(=O)c1cc2c(C)nn(C3CCN(Cc4cc(OC(F)(F)F)ccc4Br)CC3)c2cc1F. The summed E-state index contributed by atoms with van der Waals surface area (Å²) in [6.07, 6.45) is -3.29. The number of esters is 1. The molecule has 1 fully saturated rings. The van der Waals surface area contributed by atoms with Crippen molar-refractivity contribution in [3.05, 3.63) is 57.4 Å². The Bertz CT molecular complexity index is 1220. The predicted octanol–water partition coefficient (Wildman–Crippen LogP) is 5.77. The Balaban J connectivity index is 1.48. The van der Waals surface area contributed by atoms with Crippen LogP contribution in [0, 0.1) is 12.7 Å². The lowest BCUT2D eigenvalue weighted by Gasteiger charge is -2.32. The zero-order valence-electron chi connectivity index (χ0n) is 18.5. The zero-order chi connectivity index (χ0) is 24.6. The molecule has 0 bridgehead atoms. The maximum absolute atomic E-state index is 14.6. The van der Waals surface area contributed by atoms with Gasteiger partial charge < -0.3 is 9.47 Å². The number of aromatic nitrogens is 2. The molecule has 0 spiro atoms. The number of aryl methyl sites for hydroxylation is 1. The first kappa shape index (κ1) is 24.5. The standard InChI is InChI=1S/C23H22BrF4N3O3/c1-13-17-10-18(22(32)33-2)20(25)11-21(17)31(29-13)15-5-7-30(8-6-15)12-14-9-16(3-4-19(14)24)34-23(26,27)28/h3-4,9-11,15H,5-8,12H2,1-2H3. The van der Waals surface area contributed by atoms with E-state index in [4.69, 9.17) is 0 Å². The van der Waals surface area contributed by atoms with E-state index in [2.05, 4.69) is 35.4 Å². The van der Waals surface area contributed by atoms with Crippen molar-refractivity contribution in [2.75, 3.05) is 20.2 Å². The van der Waals surface area contributed by atoms with Gasteiger partial charge in [0.1, 0.15) is 11.6 Å². The third kappa shape index (κ3) is 5.20. The van der Waals surface area contributed by atoms with Crippen molar-refractivity contribution in [3.8, 4) is 5.75 Å². The van der Waals surface area contributed by atoms with E-state index < -0.39 is 18.1 Å². The molecule has 0 unspecified atom stereocenters. The highest BCUT2D eigenvalue weighted by molar-refractivity contribution is 9.10. The fourth-order valence-corrected chi connectivity index (χ4v) is 4.66. The molecule has 0 radical (unpaired) electrons. The van der Waals surface area contributed by atoms with Crippen LogP contribution in [0.1, 0.15) is 40.5 Å². The third-order valence-corrected chi connectivity index (χ3v) is 6.71. The van der Waals surface area contributed by atoms with Gasteiger partial charge in [0, 0.05) is 35.6 Å². The molecule has 1 aliphatic rings. The number of carbonyl (C=O) groups excluding carboxylic acids is 1. The van der Waals surface area contributed by atoms with Crippen molar-refractivity contribution in [2.45, 2.75) is 38.7 Å². The number of nitrogens with zero attached hydrogens (tertiary/aromatic N) is 3. The molecule has 34 heavy (non-hydrogen) atoms. The van der Waals surface area contributed by atoms with Gasteiger partial charge in [-0.3, -0.25) is 9.58 Å². The van der Waals surface area contributed by atoms with Crippen molar-refractivity contribution in [1.29, 1.82) is 0 Å². The lowest BCUT2D eigenvalue weighted by atomic mass is 10.0. The summed E-state index contributed by atoms with van der Waals surface area (Å²) in [4.78, 5) is 14.0. The topological polar surface area (TPSA) is 56.6 Å². The summed E-state index contributed by atoms with van der Waals surface area (Å²) in [7, 11) is 1.20. The maximum Gasteiger partial charge on any atom is 0.573 e. The summed E-state index contributed by atoms with van der Waals surface area (Å²) >= 11 is 3.40. The molecule has 1 aliphatic heterocycles. The first-order chi connectivity index (χ1) is 16.1. The van der Waals surface area contributed by atoms with E-state index in [-0.39, 0.29) is 17.4 Å². The van der Waals surface area contributed by atoms with Crippen LogP contribution >= 0.6 is 15.9 Å². The largest absolute Gasteiger partial charge is 0.573 e. The minimum atomic E-state index is -4.74. The number of methoxy groups -OCH3 is 1. The molecule has 6 nitrogen and oxygen atoms in total. The lowest BCUT2D eigenvalue weighted by molar-refractivity contribution is -0.274. The predicted molar refractivity (Wildman–Crippen MR) is 120 cm³/mol. The summed E-state index contributed by atoms with van der Waals surface area (Å²) in [6, 6.07) is 7.01. The van der Waals surface area contributed by atoms with Crippen LogP contribution in [0.25, 0.3) is 10.9 Å². The van der Waals surface area contributed by atoms with Crippen LogP contribution < -0.4 is 4.74 Å². The molecule has 0 atom stereocenters. The van der Waals surface area contributed by atoms with Gasteiger partial charge in [-0.1, -0.05) is 15.9 Å². The Morgan fingerprint density at radius 3 is 2.56 bits per heavy atom. The smallest absolute Gasteiger partial charge is 0.465 e. The molecular weight excluding hydrogens is 522 g/mol. The molecule has 0 saturated carbocycles. The number of hydrogen-bond donors (Lipinski definition) is 0. The number of halogens is 5. The summed E-state index contributed by atoms with van der Waals surface area (Å²) in [6.45, 7) is 3.63. The van der Waals surface area contributed by atoms with Gasteiger partial charge in [0.25, 0.3) is 0 Å². The molecule has 2 heterocycles. The summed E-state index contributed by atoms with van der Waals surface area (Å²) < 4.78 is 63.4. The average molecular weight is 544 g/mol. The van der Waals surface area contributed by atoms with Crippen LogP contribution in [0.3, 0.4) is 0 Å². The van der Waals surface area contributed by atoms with Crippen LogP contribution in [0.4, 0.5) is 17.6 Å². The van der Waals surface area contributed by atoms with E-state index in [0.717, 1.165) is 12.8 Å². The van der Waals surface area contributed by atoms with Crippen molar-refractivity contribution in [3.63, 3.8) is 0 Å². The van der Waals surface area contributed by atoms with Crippen LogP contribution in [0.2, 0.25) is 0 Å². The molecule has 182 valence electrons. The van der Waals surface area contributed by atoms with Crippen LogP contribution in [-0.4, -0.2) is 47.2 Å². The number of rotatable bonds is 5. The fourth-order valence-electron chi connectivity index (χ4n) is 4.29. The van der Waals surface area contributed by atoms with Crippen molar-refractivity contribution >= 4 is 32.8 Å². The Labute approximate surface area is 201 Å². The van der Waals surface area contributed by atoms with Gasteiger partial charge in [-0.25, -0.2) is 9.18 Å². The number of benzene rings is 2. The first-order valence-electron chi connectivity index (χ1n) is 10.6. The molecule has 4 rings (SSSR count). The monoisotopic (exact) mass is 543 g/mol. The molecule has 0 N–H and O–H groups in total. The van der Waals surface area contributed by atoms with Gasteiger partial charge in [-0.05, 0) is 49.6 Å². The van der Waals surface area contributed by atoms with Crippen molar-refractivity contribution in [1.82, 2.24) is 14.7 Å². The van der Waals surface area contributed by atoms with Crippen LogP contribution in [-0.2, 0) is 11.3 Å². The minimum Gasteiger partial charge on any atom is -0.465 e. The molecule has 11 heteroatoms. The Morgan fingerprint density at radius 1 is 1.21 bits per heavy atom. The number of fused-ring (bicyclic) bond motifs is 1. The van der Waals surface area contributed by atoms with Gasteiger partial charge in [0.05, 0.1) is 29.9 Å². The molecular formula is C23H22BrF4N3O3. The second kappa shape index (κ2) is 9.53. The number of likely N-dealkylation sites (tertiary alicyclic amines) is 1. The number of carbonyl (C=O) groups is 1. The molecule has 0 aliphatic carbocycles. The normalized spacial score (nSPS) is 15.6. The summed E-state index contributed by atoms with van der Waals surface area (Å²) in [5.41, 5.74) is 1.86. The van der Waals surface area contributed by atoms with Crippen molar-refractivity contribution < 1.29 is 31.8 Å². The highest BCUT2D eigenvalue weighted by Crippen LogP contribution is 2.32. The third-order valence-electron chi connectivity index (χ3n) is 5.93.